The molecule has 1 aliphatic rings. The van der Waals surface area contributed by atoms with Gasteiger partial charge in [-0.2, -0.15) is 0 Å². The van der Waals surface area contributed by atoms with Crippen molar-refractivity contribution in [3.63, 3.8) is 0 Å². The number of Topliss-reactive ketones (excluding diaryl/α,β-unsaturated/α-hetero) is 1. The van der Waals surface area contributed by atoms with E-state index in [2.05, 4.69) is 4.74 Å². The van der Waals surface area contributed by atoms with Crippen LogP contribution < -0.4 is 14.4 Å². The third kappa shape index (κ3) is 4.27. The van der Waals surface area contributed by atoms with Gasteiger partial charge in [-0.1, -0.05) is 12.1 Å². The first-order valence-corrected chi connectivity index (χ1v) is 9.54. The largest absolute Gasteiger partial charge is 0.573 e. The molecule has 33 heavy (non-hydrogen) atoms. The molecule has 0 saturated carbocycles. The van der Waals surface area contributed by atoms with Gasteiger partial charge in [0.2, 0.25) is 5.78 Å². The number of halogens is 3. The number of nitrogens with zero attached hydrogens (tertiary/aromatic N) is 1. The third-order valence-electron chi connectivity index (χ3n) is 4.96. The summed E-state index contributed by atoms with van der Waals surface area (Å²) in [6.45, 7) is 0. The number of aliphatic hydroxyl groups is 1. The molecule has 2 aromatic carbocycles. The predicted molar refractivity (Wildman–Crippen MR) is 109 cm³/mol. The second kappa shape index (κ2) is 8.38. The summed E-state index contributed by atoms with van der Waals surface area (Å²) in [5.74, 6) is -2.54. The van der Waals surface area contributed by atoms with Crippen LogP contribution in [0, 0.1) is 0 Å². The van der Waals surface area contributed by atoms with Crippen molar-refractivity contribution in [3.8, 4) is 11.5 Å². The molecule has 1 N–H and O–H groups in total. The number of hydrogen-bond acceptors (Lipinski definition) is 6. The molecular formula is C23H16F3NO6. The Bertz CT molecular complexity index is 1220. The van der Waals surface area contributed by atoms with Gasteiger partial charge in [0.1, 0.15) is 11.5 Å². The van der Waals surface area contributed by atoms with Gasteiger partial charge in [0.05, 0.1) is 25.0 Å². The van der Waals surface area contributed by atoms with Crippen molar-refractivity contribution in [3.05, 3.63) is 89.6 Å². The van der Waals surface area contributed by atoms with Crippen LogP contribution in [0.5, 0.6) is 11.5 Å². The minimum atomic E-state index is -4.88. The highest BCUT2D eigenvalue weighted by atomic mass is 19.4. The van der Waals surface area contributed by atoms with E-state index >= 15 is 0 Å². The van der Waals surface area contributed by atoms with Crippen LogP contribution in [0.1, 0.15) is 22.2 Å². The zero-order valence-corrected chi connectivity index (χ0v) is 17.0. The number of ether oxygens (including phenoxy) is 2. The van der Waals surface area contributed by atoms with Crippen molar-refractivity contribution in [2.24, 2.45) is 0 Å². The van der Waals surface area contributed by atoms with Crippen LogP contribution in [0.4, 0.5) is 18.9 Å². The summed E-state index contributed by atoms with van der Waals surface area (Å²) in [6.07, 6.45) is -3.60. The number of carbonyl (C=O) groups excluding carboxylic acids is 2. The van der Waals surface area contributed by atoms with Crippen molar-refractivity contribution in [1.82, 2.24) is 0 Å². The molecular weight excluding hydrogens is 443 g/mol. The van der Waals surface area contributed by atoms with E-state index in [0.29, 0.717) is 11.3 Å². The van der Waals surface area contributed by atoms with Crippen molar-refractivity contribution in [2.75, 3.05) is 12.0 Å². The van der Waals surface area contributed by atoms with E-state index in [1.54, 1.807) is 24.3 Å². The Labute approximate surface area is 185 Å². The number of anilines is 1. The molecule has 1 amide bonds. The van der Waals surface area contributed by atoms with Crippen molar-refractivity contribution in [1.29, 1.82) is 0 Å². The molecule has 1 unspecified atom stereocenters. The van der Waals surface area contributed by atoms with Gasteiger partial charge >= 0.3 is 6.36 Å². The smallest absolute Gasteiger partial charge is 0.503 e. The van der Waals surface area contributed by atoms with Crippen LogP contribution in [0.2, 0.25) is 0 Å². The number of ketones is 1. The second-order valence-corrected chi connectivity index (χ2v) is 6.96. The van der Waals surface area contributed by atoms with E-state index in [9.17, 15) is 27.9 Å². The fourth-order valence-electron chi connectivity index (χ4n) is 3.58. The average molecular weight is 459 g/mol. The first-order valence-electron chi connectivity index (χ1n) is 9.54. The Morgan fingerprint density at radius 2 is 1.79 bits per heavy atom. The number of benzene rings is 2. The second-order valence-electron chi connectivity index (χ2n) is 6.96. The van der Waals surface area contributed by atoms with Crippen LogP contribution in [-0.4, -0.2) is 30.3 Å². The molecule has 1 atom stereocenters. The maximum atomic E-state index is 13.1. The van der Waals surface area contributed by atoms with Gasteiger partial charge in [-0.15, -0.1) is 13.2 Å². The van der Waals surface area contributed by atoms with Crippen LogP contribution in [-0.2, 0) is 4.79 Å². The van der Waals surface area contributed by atoms with E-state index in [1.165, 1.54) is 37.6 Å². The zero-order chi connectivity index (χ0) is 23.8. The molecule has 0 saturated heterocycles. The van der Waals surface area contributed by atoms with Gasteiger partial charge in [-0.25, -0.2) is 0 Å². The van der Waals surface area contributed by atoms with E-state index in [-0.39, 0.29) is 17.0 Å². The minimum absolute atomic E-state index is 0.0898. The number of rotatable bonds is 6. The van der Waals surface area contributed by atoms with Crippen molar-refractivity contribution >= 4 is 17.4 Å². The molecule has 0 radical (unpaired) electrons. The van der Waals surface area contributed by atoms with E-state index < -0.39 is 35.6 Å². The number of aliphatic hydroxyl groups excluding tert-OH is 1. The summed E-state index contributed by atoms with van der Waals surface area (Å²) in [4.78, 5) is 27.3. The number of hydrogen-bond donors (Lipinski definition) is 1. The highest BCUT2D eigenvalue weighted by molar-refractivity contribution is 6.20. The molecule has 170 valence electrons. The molecule has 7 nitrogen and oxygen atoms in total. The molecule has 4 rings (SSSR count). The van der Waals surface area contributed by atoms with Crippen LogP contribution in [0.25, 0.3) is 0 Å². The Morgan fingerprint density at radius 3 is 2.39 bits per heavy atom. The van der Waals surface area contributed by atoms with E-state index in [4.69, 9.17) is 9.15 Å². The van der Waals surface area contributed by atoms with Crippen molar-refractivity contribution in [2.45, 2.75) is 12.4 Å². The SMILES string of the molecule is COc1cccc(C2C(C(=O)c3ccco3)=C(O)C(=O)N2c2ccc(OC(F)(F)F)cc2)c1. The number of furan rings is 1. The van der Waals surface area contributed by atoms with Gasteiger partial charge in [0, 0.05) is 5.69 Å². The van der Waals surface area contributed by atoms with Gasteiger partial charge in [-0.05, 0) is 54.1 Å². The zero-order valence-electron chi connectivity index (χ0n) is 17.0. The van der Waals surface area contributed by atoms with Gasteiger partial charge in [-0.3, -0.25) is 14.5 Å². The lowest BCUT2D eigenvalue weighted by molar-refractivity contribution is -0.274. The molecule has 0 fully saturated rings. The van der Waals surface area contributed by atoms with Gasteiger partial charge in [0.25, 0.3) is 5.91 Å². The lowest BCUT2D eigenvalue weighted by Crippen LogP contribution is -2.31. The standard InChI is InChI=1S/C23H16F3NO6/c1-31-16-5-2-4-13(12-16)19-18(20(28)17-6-3-11-32-17)21(29)22(30)27(19)14-7-9-15(10-8-14)33-23(24,25)26/h2-12,19,29H,1H3. The lowest BCUT2D eigenvalue weighted by atomic mass is 9.94. The van der Waals surface area contributed by atoms with E-state index in [0.717, 1.165) is 17.0 Å². The number of alkyl halides is 3. The number of amides is 1. The normalized spacial score (nSPS) is 16.3. The predicted octanol–water partition coefficient (Wildman–Crippen LogP) is 4.97. The van der Waals surface area contributed by atoms with Crippen LogP contribution in [0.3, 0.4) is 0 Å². The summed E-state index contributed by atoms with van der Waals surface area (Å²) in [7, 11) is 1.44. The molecule has 3 aromatic rings. The Hall–Kier alpha value is -4.21. The van der Waals surface area contributed by atoms with E-state index in [1.807, 2.05) is 0 Å². The molecule has 0 aliphatic carbocycles. The Morgan fingerprint density at radius 1 is 1.06 bits per heavy atom. The maximum absolute atomic E-state index is 13.1. The summed E-state index contributed by atoms with van der Waals surface area (Å²) < 4.78 is 51.8. The molecule has 0 spiro atoms. The molecule has 1 aromatic heterocycles. The highest BCUT2D eigenvalue weighted by Gasteiger charge is 2.45. The summed E-state index contributed by atoms with van der Waals surface area (Å²) >= 11 is 0. The first-order chi connectivity index (χ1) is 15.7. The van der Waals surface area contributed by atoms with Gasteiger partial charge in [0.15, 0.2) is 11.5 Å². The number of methoxy groups -OCH3 is 1. The molecule has 0 bridgehead atoms. The summed E-state index contributed by atoms with van der Waals surface area (Å²) in [5.41, 5.74) is 0.326. The van der Waals surface area contributed by atoms with Gasteiger partial charge < -0.3 is 19.0 Å². The maximum Gasteiger partial charge on any atom is 0.573 e. The quantitative estimate of drug-likeness (QED) is 0.524. The number of carbonyl (C=O) groups is 2. The average Bonchev–Trinajstić information content (AvgIpc) is 3.41. The highest BCUT2D eigenvalue weighted by Crippen LogP contribution is 2.43. The van der Waals surface area contributed by atoms with Crippen molar-refractivity contribution < 1.29 is 41.8 Å². The fraction of sp³-hybridized carbons (Fsp3) is 0.130. The Kier molecular flexibility index (Phi) is 5.59. The summed E-state index contributed by atoms with van der Waals surface area (Å²) in [5, 5.41) is 10.6. The first kappa shape index (κ1) is 22.0. The monoisotopic (exact) mass is 459 g/mol. The fourth-order valence-corrected chi connectivity index (χ4v) is 3.58. The third-order valence-corrected chi connectivity index (χ3v) is 4.96. The van der Waals surface area contributed by atoms with Crippen LogP contribution in [0.15, 0.2) is 82.7 Å². The molecule has 10 heteroatoms. The molecule has 1 aliphatic heterocycles. The lowest BCUT2D eigenvalue weighted by Gasteiger charge is -2.27. The Balaban J connectivity index is 1.80. The topological polar surface area (TPSA) is 89.2 Å². The summed E-state index contributed by atoms with van der Waals surface area (Å²) in [6, 6.07) is 12.8. The molecule has 2 heterocycles. The minimum Gasteiger partial charge on any atom is -0.503 e. The van der Waals surface area contributed by atoms with Crippen LogP contribution >= 0.6 is 0 Å².